The quantitative estimate of drug-likeness (QED) is 0.570. The molecule has 28 heavy (non-hydrogen) atoms. The highest BCUT2D eigenvalue weighted by Gasteiger charge is 2.30. The molecule has 0 aliphatic rings. The maximum Gasteiger partial charge on any atom is 0.329 e. The van der Waals surface area contributed by atoms with Crippen molar-refractivity contribution in [1.29, 1.82) is 0 Å². The van der Waals surface area contributed by atoms with Gasteiger partial charge in [-0.15, -0.1) is 11.3 Å². The summed E-state index contributed by atoms with van der Waals surface area (Å²) in [5.74, 6) is -2.87. The smallest absolute Gasteiger partial charge is 0.329 e. The van der Waals surface area contributed by atoms with E-state index in [4.69, 9.17) is 14.9 Å². The normalized spacial score (nSPS) is 12.9. The van der Waals surface area contributed by atoms with Gasteiger partial charge in [-0.2, -0.15) is 0 Å². The largest absolute Gasteiger partial charge is 0.459 e. The van der Waals surface area contributed by atoms with E-state index in [9.17, 15) is 19.2 Å². The van der Waals surface area contributed by atoms with Crippen LogP contribution in [0.15, 0.2) is 34.3 Å². The molecule has 0 saturated carbocycles. The van der Waals surface area contributed by atoms with Crippen LogP contribution in [0.5, 0.6) is 0 Å². The lowest BCUT2D eigenvalue weighted by Gasteiger charge is -2.22. The SMILES string of the molecule is CC(C)[C@H](NC(=O)c1ccco1)C(=O)O[C@@H](C)C(=O)Nc1sccc1C(N)=O. The highest BCUT2D eigenvalue weighted by Crippen LogP contribution is 2.23. The number of hydrogen-bond donors (Lipinski definition) is 3. The fourth-order valence-corrected chi connectivity index (χ4v) is 3.03. The van der Waals surface area contributed by atoms with Crippen LogP contribution in [-0.2, 0) is 14.3 Å². The van der Waals surface area contributed by atoms with Gasteiger partial charge in [0.2, 0.25) is 0 Å². The summed E-state index contributed by atoms with van der Waals surface area (Å²) in [5.41, 5.74) is 5.40. The summed E-state index contributed by atoms with van der Waals surface area (Å²) < 4.78 is 10.2. The van der Waals surface area contributed by atoms with E-state index in [2.05, 4.69) is 10.6 Å². The number of carbonyl (C=O) groups is 4. The second-order valence-electron chi connectivity index (χ2n) is 6.27. The molecule has 0 unspecified atom stereocenters. The Morgan fingerprint density at radius 3 is 2.46 bits per heavy atom. The molecule has 0 spiro atoms. The molecule has 150 valence electrons. The van der Waals surface area contributed by atoms with Crippen LogP contribution in [0.25, 0.3) is 0 Å². The predicted octanol–water partition coefficient (Wildman–Crippen LogP) is 1.76. The summed E-state index contributed by atoms with van der Waals surface area (Å²) >= 11 is 1.12. The van der Waals surface area contributed by atoms with Gasteiger partial charge in [-0.25, -0.2) is 4.79 Å². The zero-order valence-electron chi connectivity index (χ0n) is 15.6. The molecule has 10 heteroatoms. The number of primary amides is 1. The summed E-state index contributed by atoms with van der Waals surface area (Å²) in [5, 5.41) is 6.91. The van der Waals surface area contributed by atoms with Gasteiger partial charge >= 0.3 is 5.97 Å². The van der Waals surface area contributed by atoms with Crippen LogP contribution in [0.4, 0.5) is 5.00 Å². The van der Waals surface area contributed by atoms with Gasteiger partial charge in [-0.05, 0) is 36.4 Å². The molecule has 9 nitrogen and oxygen atoms in total. The summed E-state index contributed by atoms with van der Waals surface area (Å²) in [4.78, 5) is 48.2. The Bertz CT molecular complexity index is 859. The molecule has 0 aliphatic carbocycles. The first-order valence-electron chi connectivity index (χ1n) is 8.43. The second-order valence-corrected chi connectivity index (χ2v) is 7.18. The van der Waals surface area contributed by atoms with E-state index in [1.54, 1.807) is 25.3 Å². The molecular weight excluding hydrogens is 386 g/mol. The van der Waals surface area contributed by atoms with Gasteiger partial charge < -0.3 is 25.5 Å². The number of nitrogens with one attached hydrogen (secondary N) is 2. The topological polar surface area (TPSA) is 141 Å². The van der Waals surface area contributed by atoms with Crippen LogP contribution >= 0.6 is 11.3 Å². The molecule has 2 aromatic rings. The molecule has 0 aromatic carbocycles. The van der Waals surface area contributed by atoms with Gasteiger partial charge in [-0.3, -0.25) is 14.4 Å². The average molecular weight is 407 g/mol. The number of amides is 3. The maximum atomic E-state index is 12.5. The predicted molar refractivity (Wildman–Crippen MR) is 102 cm³/mol. The fraction of sp³-hybridized carbons (Fsp3) is 0.333. The standard InChI is InChI=1S/C18H21N3O6S/c1-9(2)13(20-16(24)12-5-4-7-26-12)18(25)27-10(3)15(23)21-17-11(14(19)22)6-8-28-17/h4-10,13H,1-3H3,(H2,19,22)(H,20,24)(H,21,23)/t10-,13-/m0/s1. The van der Waals surface area contributed by atoms with Crippen molar-refractivity contribution in [2.24, 2.45) is 11.7 Å². The third kappa shape index (κ3) is 5.19. The van der Waals surface area contributed by atoms with E-state index in [-0.39, 0.29) is 22.2 Å². The van der Waals surface area contributed by atoms with Crippen LogP contribution in [-0.4, -0.2) is 35.8 Å². The molecule has 0 aliphatic heterocycles. The number of nitrogens with two attached hydrogens (primary N) is 1. The lowest BCUT2D eigenvalue weighted by atomic mass is 10.0. The van der Waals surface area contributed by atoms with E-state index in [1.165, 1.54) is 25.3 Å². The minimum atomic E-state index is -1.16. The number of esters is 1. The van der Waals surface area contributed by atoms with Gasteiger partial charge in [0.25, 0.3) is 17.7 Å². The molecule has 0 radical (unpaired) electrons. The Hall–Kier alpha value is -3.14. The second kappa shape index (κ2) is 9.18. The van der Waals surface area contributed by atoms with E-state index < -0.39 is 35.8 Å². The van der Waals surface area contributed by atoms with Crippen LogP contribution in [0.3, 0.4) is 0 Å². The minimum absolute atomic E-state index is 0.0564. The molecule has 0 fully saturated rings. The molecule has 3 amide bonds. The molecule has 0 bridgehead atoms. The molecule has 0 saturated heterocycles. The van der Waals surface area contributed by atoms with E-state index in [0.717, 1.165) is 11.3 Å². The Kier molecular flexibility index (Phi) is 6.94. The number of carbonyl (C=O) groups excluding carboxylic acids is 4. The summed E-state index contributed by atoms with van der Waals surface area (Å²) in [6.07, 6.45) is 0.187. The van der Waals surface area contributed by atoms with Gasteiger partial charge in [0.15, 0.2) is 11.9 Å². The Morgan fingerprint density at radius 1 is 1.18 bits per heavy atom. The number of ether oxygens (including phenoxy) is 1. The van der Waals surface area contributed by atoms with Crippen molar-refractivity contribution in [3.05, 3.63) is 41.2 Å². The van der Waals surface area contributed by atoms with E-state index >= 15 is 0 Å². The van der Waals surface area contributed by atoms with Crippen molar-refractivity contribution < 1.29 is 28.3 Å². The fourth-order valence-electron chi connectivity index (χ4n) is 2.23. The Labute approximate surface area is 165 Å². The number of anilines is 1. The zero-order chi connectivity index (χ0) is 20.8. The third-order valence-corrected chi connectivity index (χ3v) is 4.61. The molecule has 4 N–H and O–H groups in total. The molecule has 2 rings (SSSR count). The summed E-state index contributed by atoms with van der Waals surface area (Å²) in [7, 11) is 0. The van der Waals surface area contributed by atoms with Crippen molar-refractivity contribution in [3.63, 3.8) is 0 Å². The van der Waals surface area contributed by atoms with Crippen LogP contribution in [0, 0.1) is 5.92 Å². The first-order chi connectivity index (χ1) is 13.2. The minimum Gasteiger partial charge on any atom is -0.459 e. The molecule has 2 aromatic heterocycles. The number of hydrogen-bond acceptors (Lipinski definition) is 7. The van der Waals surface area contributed by atoms with E-state index in [0.29, 0.717) is 0 Å². The Balaban J connectivity index is 1.99. The molecule has 2 heterocycles. The number of rotatable bonds is 8. The average Bonchev–Trinajstić information content (AvgIpc) is 3.30. The summed E-state index contributed by atoms with van der Waals surface area (Å²) in [6, 6.07) is 3.52. The van der Waals surface area contributed by atoms with Crippen LogP contribution in [0.2, 0.25) is 0 Å². The lowest BCUT2D eigenvalue weighted by Crippen LogP contribution is -2.47. The lowest BCUT2D eigenvalue weighted by molar-refractivity contribution is -0.156. The maximum absolute atomic E-state index is 12.5. The van der Waals surface area contributed by atoms with Crippen LogP contribution < -0.4 is 16.4 Å². The van der Waals surface area contributed by atoms with Crippen LogP contribution in [0.1, 0.15) is 41.7 Å². The first kappa shape index (κ1) is 21.2. The third-order valence-electron chi connectivity index (χ3n) is 3.78. The molecular formula is C18H21N3O6S. The van der Waals surface area contributed by atoms with Crippen molar-refractivity contribution in [2.75, 3.05) is 5.32 Å². The zero-order valence-corrected chi connectivity index (χ0v) is 16.4. The van der Waals surface area contributed by atoms with Gasteiger partial charge in [0.05, 0.1) is 11.8 Å². The highest BCUT2D eigenvalue weighted by atomic mass is 32.1. The highest BCUT2D eigenvalue weighted by molar-refractivity contribution is 7.14. The molecule has 2 atom stereocenters. The van der Waals surface area contributed by atoms with Crippen molar-refractivity contribution >= 4 is 40.0 Å². The van der Waals surface area contributed by atoms with Crippen molar-refractivity contribution in [3.8, 4) is 0 Å². The van der Waals surface area contributed by atoms with E-state index in [1.807, 2.05) is 0 Å². The van der Waals surface area contributed by atoms with Crippen molar-refractivity contribution in [1.82, 2.24) is 5.32 Å². The van der Waals surface area contributed by atoms with Gasteiger partial charge in [-0.1, -0.05) is 13.8 Å². The Morgan fingerprint density at radius 2 is 1.89 bits per heavy atom. The first-order valence-corrected chi connectivity index (χ1v) is 9.31. The summed E-state index contributed by atoms with van der Waals surface area (Å²) in [6.45, 7) is 4.84. The van der Waals surface area contributed by atoms with Gasteiger partial charge in [0.1, 0.15) is 11.0 Å². The van der Waals surface area contributed by atoms with Gasteiger partial charge in [0, 0.05) is 0 Å². The van der Waals surface area contributed by atoms with Crippen molar-refractivity contribution in [2.45, 2.75) is 32.9 Å². The number of furan rings is 1. The number of thiophene rings is 1. The monoisotopic (exact) mass is 407 g/mol.